The van der Waals surface area contributed by atoms with Crippen molar-refractivity contribution in [3.8, 4) is 0 Å². The molecule has 0 aromatic carbocycles. The number of aliphatic imine (C=N–C) groups is 1. The molecule has 136 valence electrons. The Bertz CT molecular complexity index is 480. The van der Waals surface area contributed by atoms with Gasteiger partial charge in [0.2, 0.25) is 5.91 Å². The molecule has 5 heteroatoms. The van der Waals surface area contributed by atoms with E-state index in [9.17, 15) is 4.79 Å². The van der Waals surface area contributed by atoms with Gasteiger partial charge in [-0.2, -0.15) is 0 Å². The number of amides is 1. The monoisotopic (exact) mass is 334 g/mol. The average Bonchev–Trinajstić information content (AvgIpc) is 3.25. The van der Waals surface area contributed by atoms with Crippen LogP contribution in [0.3, 0.4) is 0 Å². The standard InChI is InChI=1S/C19H34N4O/c1-4-20-18(21-13-19(9-5-10-19)15-6-7-15)22-16-8-11-23(12-16)17(24)14(2)3/h14-16H,4-13H2,1-3H3,(H2,20,21,22). The first kappa shape index (κ1) is 17.6. The van der Waals surface area contributed by atoms with Gasteiger partial charge in [-0.25, -0.2) is 0 Å². The molecule has 2 aliphatic carbocycles. The van der Waals surface area contributed by atoms with E-state index in [1.54, 1.807) is 0 Å². The van der Waals surface area contributed by atoms with Gasteiger partial charge in [0, 0.05) is 38.1 Å². The van der Waals surface area contributed by atoms with Crippen molar-refractivity contribution in [2.75, 3.05) is 26.2 Å². The summed E-state index contributed by atoms with van der Waals surface area (Å²) in [6.45, 7) is 9.57. The van der Waals surface area contributed by atoms with Crippen molar-refractivity contribution in [1.29, 1.82) is 0 Å². The first-order valence-electron chi connectivity index (χ1n) is 9.88. The molecule has 1 amide bonds. The lowest BCUT2D eigenvalue weighted by atomic mass is 9.65. The van der Waals surface area contributed by atoms with Crippen molar-refractivity contribution in [1.82, 2.24) is 15.5 Å². The highest BCUT2D eigenvalue weighted by atomic mass is 16.2. The summed E-state index contributed by atoms with van der Waals surface area (Å²) in [6, 6.07) is 0.323. The van der Waals surface area contributed by atoms with Crippen LogP contribution in [0.1, 0.15) is 59.3 Å². The zero-order chi connectivity index (χ0) is 17.2. The lowest BCUT2D eigenvalue weighted by Crippen LogP contribution is -2.46. The molecule has 5 nitrogen and oxygen atoms in total. The number of hydrogen-bond donors (Lipinski definition) is 2. The summed E-state index contributed by atoms with van der Waals surface area (Å²) < 4.78 is 0. The second-order valence-electron chi connectivity index (χ2n) is 8.25. The highest BCUT2D eigenvalue weighted by Gasteiger charge is 2.48. The minimum Gasteiger partial charge on any atom is -0.357 e. The van der Waals surface area contributed by atoms with Crippen LogP contribution in [-0.2, 0) is 4.79 Å². The quantitative estimate of drug-likeness (QED) is 0.579. The normalized spacial score (nSPS) is 26.4. The molecule has 24 heavy (non-hydrogen) atoms. The number of carbonyl (C=O) groups is 1. The molecule has 0 bridgehead atoms. The Morgan fingerprint density at radius 2 is 2.04 bits per heavy atom. The van der Waals surface area contributed by atoms with Gasteiger partial charge in [-0.15, -0.1) is 0 Å². The molecule has 2 N–H and O–H groups in total. The van der Waals surface area contributed by atoms with Crippen LogP contribution in [0.2, 0.25) is 0 Å². The molecule has 3 rings (SSSR count). The summed E-state index contributed by atoms with van der Waals surface area (Å²) in [7, 11) is 0. The zero-order valence-electron chi connectivity index (χ0n) is 15.6. The number of carbonyl (C=O) groups excluding carboxylic acids is 1. The largest absolute Gasteiger partial charge is 0.357 e. The fourth-order valence-corrected chi connectivity index (χ4v) is 4.22. The first-order valence-corrected chi connectivity index (χ1v) is 9.88. The lowest BCUT2D eigenvalue weighted by molar-refractivity contribution is -0.133. The van der Waals surface area contributed by atoms with Gasteiger partial charge < -0.3 is 15.5 Å². The molecule has 3 fully saturated rings. The summed E-state index contributed by atoms with van der Waals surface area (Å²) in [4.78, 5) is 19.1. The maximum atomic E-state index is 12.1. The number of nitrogens with one attached hydrogen (secondary N) is 2. The van der Waals surface area contributed by atoms with Gasteiger partial charge in [0.15, 0.2) is 5.96 Å². The van der Waals surface area contributed by atoms with Gasteiger partial charge in [-0.05, 0) is 50.4 Å². The van der Waals surface area contributed by atoms with Gasteiger partial charge in [0.05, 0.1) is 0 Å². The number of nitrogens with zero attached hydrogens (tertiary/aromatic N) is 2. The van der Waals surface area contributed by atoms with Gasteiger partial charge >= 0.3 is 0 Å². The third-order valence-electron chi connectivity index (χ3n) is 6.02. The molecule has 1 saturated heterocycles. The maximum absolute atomic E-state index is 12.1. The van der Waals surface area contributed by atoms with Crippen molar-refractivity contribution < 1.29 is 4.79 Å². The van der Waals surface area contributed by atoms with Crippen LogP contribution in [-0.4, -0.2) is 49.0 Å². The molecule has 0 aromatic rings. The molecule has 0 aromatic heterocycles. The zero-order valence-corrected chi connectivity index (χ0v) is 15.6. The molecule has 1 heterocycles. The molecule has 1 aliphatic heterocycles. The number of likely N-dealkylation sites (tertiary alicyclic amines) is 1. The second-order valence-corrected chi connectivity index (χ2v) is 8.25. The van der Waals surface area contributed by atoms with E-state index in [2.05, 4.69) is 17.6 Å². The molecular formula is C19H34N4O. The third kappa shape index (κ3) is 3.86. The predicted octanol–water partition coefficient (Wildman–Crippen LogP) is 2.38. The van der Waals surface area contributed by atoms with Crippen LogP contribution >= 0.6 is 0 Å². The Labute approximate surface area is 146 Å². The molecular weight excluding hydrogens is 300 g/mol. The predicted molar refractivity (Wildman–Crippen MR) is 97.9 cm³/mol. The van der Waals surface area contributed by atoms with E-state index in [1.165, 1.54) is 32.1 Å². The minimum atomic E-state index is 0.0858. The number of hydrogen-bond acceptors (Lipinski definition) is 2. The molecule has 0 spiro atoms. The first-order chi connectivity index (χ1) is 11.5. The highest BCUT2D eigenvalue weighted by Crippen LogP contribution is 2.57. The molecule has 3 aliphatic rings. The molecule has 2 saturated carbocycles. The number of guanidine groups is 1. The third-order valence-corrected chi connectivity index (χ3v) is 6.02. The smallest absolute Gasteiger partial charge is 0.225 e. The Hall–Kier alpha value is -1.26. The van der Waals surface area contributed by atoms with Crippen molar-refractivity contribution >= 4 is 11.9 Å². The summed E-state index contributed by atoms with van der Waals surface area (Å²) in [5.74, 6) is 2.22. The Morgan fingerprint density at radius 1 is 1.29 bits per heavy atom. The SMILES string of the molecule is CCNC(=NCC1(C2CC2)CCC1)NC1CCN(C(=O)C(C)C)C1. The lowest BCUT2D eigenvalue weighted by Gasteiger charge is -2.41. The Kier molecular flexibility index (Phi) is 5.36. The van der Waals surface area contributed by atoms with Crippen LogP contribution in [0.15, 0.2) is 4.99 Å². The molecule has 1 atom stereocenters. The Morgan fingerprint density at radius 3 is 2.58 bits per heavy atom. The summed E-state index contributed by atoms with van der Waals surface area (Å²) in [5, 5.41) is 6.96. The molecule has 1 unspecified atom stereocenters. The van der Waals surface area contributed by atoms with E-state index in [1.807, 2.05) is 18.7 Å². The van der Waals surface area contributed by atoms with Crippen molar-refractivity contribution in [3.05, 3.63) is 0 Å². The number of rotatable bonds is 6. The summed E-state index contributed by atoms with van der Waals surface area (Å²) >= 11 is 0. The van der Waals surface area contributed by atoms with Crippen LogP contribution in [0.4, 0.5) is 0 Å². The van der Waals surface area contributed by atoms with Gasteiger partial charge in [0.1, 0.15) is 0 Å². The van der Waals surface area contributed by atoms with Crippen molar-refractivity contribution in [3.63, 3.8) is 0 Å². The van der Waals surface area contributed by atoms with E-state index >= 15 is 0 Å². The van der Waals surface area contributed by atoms with Crippen LogP contribution in [0.25, 0.3) is 0 Å². The van der Waals surface area contributed by atoms with Crippen LogP contribution in [0.5, 0.6) is 0 Å². The van der Waals surface area contributed by atoms with E-state index in [0.717, 1.165) is 44.5 Å². The van der Waals surface area contributed by atoms with E-state index in [0.29, 0.717) is 11.5 Å². The van der Waals surface area contributed by atoms with Gasteiger partial charge in [-0.1, -0.05) is 20.3 Å². The van der Waals surface area contributed by atoms with E-state index in [-0.39, 0.29) is 11.8 Å². The summed E-state index contributed by atoms with van der Waals surface area (Å²) in [5.41, 5.74) is 0.512. The Balaban J connectivity index is 1.54. The van der Waals surface area contributed by atoms with Crippen molar-refractivity contribution in [2.24, 2.45) is 22.2 Å². The minimum absolute atomic E-state index is 0.0858. The highest BCUT2D eigenvalue weighted by molar-refractivity contribution is 5.81. The summed E-state index contributed by atoms with van der Waals surface area (Å²) in [6.07, 6.45) is 7.94. The second kappa shape index (κ2) is 7.32. The van der Waals surface area contributed by atoms with Gasteiger partial charge in [0.25, 0.3) is 0 Å². The van der Waals surface area contributed by atoms with Crippen molar-refractivity contribution in [2.45, 2.75) is 65.3 Å². The van der Waals surface area contributed by atoms with Crippen LogP contribution < -0.4 is 10.6 Å². The van der Waals surface area contributed by atoms with E-state index in [4.69, 9.17) is 4.99 Å². The van der Waals surface area contributed by atoms with Crippen LogP contribution in [0, 0.1) is 17.3 Å². The maximum Gasteiger partial charge on any atom is 0.225 e. The topological polar surface area (TPSA) is 56.7 Å². The van der Waals surface area contributed by atoms with E-state index < -0.39 is 0 Å². The average molecular weight is 335 g/mol. The molecule has 0 radical (unpaired) electrons. The fourth-order valence-electron chi connectivity index (χ4n) is 4.22. The fraction of sp³-hybridized carbons (Fsp3) is 0.895. The van der Waals surface area contributed by atoms with Gasteiger partial charge in [-0.3, -0.25) is 9.79 Å².